The molecule has 0 amide bonds. The zero-order valence-electron chi connectivity index (χ0n) is 8.24. The molecule has 82 valence electrons. The number of benzene rings is 1. The Hall–Kier alpha value is -0.640. The van der Waals surface area contributed by atoms with E-state index in [-0.39, 0.29) is 5.78 Å². The molecule has 0 radical (unpaired) electrons. The van der Waals surface area contributed by atoms with Crippen LogP contribution in [0.5, 0.6) is 0 Å². The van der Waals surface area contributed by atoms with E-state index in [4.69, 9.17) is 11.6 Å². The molecule has 0 atom stereocenters. The molecule has 1 nitrogen and oxygen atoms in total. The minimum atomic E-state index is 0.0926. The Labute approximate surface area is 111 Å². The molecule has 0 bridgehead atoms. The van der Waals surface area contributed by atoms with Crippen LogP contribution in [0.25, 0.3) is 0 Å². The van der Waals surface area contributed by atoms with E-state index in [0.29, 0.717) is 11.4 Å². The molecule has 2 aromatic rings. The molecule has 0 unspecified atom stereocenters. The second-order valence-corrected chi connectivity index (χ2v) is 6.03. The van der Waals surface area contributed by atoms with Crippen molar-refractivity contribution >= 4 is 44.7 Å². The molecule has 0 N–H and O–H groups in total. The number of thiophene rings is 1. The lowest BCUT2D eigenvalue weighted by Gasteiger charge is -2.01. The molecule has 1 aromatic heterocycles. The summed E-state index contributed by atoms with van der Waals surface area (Å²) >= 11 is 10.9. The third kappa shape index (κ3) is 2.73. The molecule has 0 spiro atoms. The molecule has 0 aliphatic rings. The number of hydrogen-bond acceptors (Lipinski definition) is 2. The van der Waals surface area contributed by atoms with Gasteiger partial charge in [0.2, 0.25) is 0 Å². The van der Waals surface area contributed by atoms with Crippen molar-refractivity contribution in [2.75, 3.05) is 0 Å². The van der Waals surface area contributed by atoms with Gasteiger partial charge in [0.1, 0.15) is 0 Å². The number of hydrogen-bond donors (Lipinski definition) is 0. The maximum Gasteiger partial charge on any atom is 0.168 e. The fraction of sp³-hybridized carbons (Fsp3) is 0.0833. The van der Waals surface area contributed by atoms with Gasteiger partial charge in [-0.15, -0.1) is 11.3 Å². The van der Waals surface area contributed by atoms with Crippen molar-refractivity contribution in [1.29, 1.82) is 0 Å². The fourth-order valence-electron chi connectivity index (χ4n) is 1.37. The lowest BCUT2D eigenvalue weighted by Crippen LogP contribution is -2.02. The summed E-state index contributed by atoms with van der Waals surface area (Å²) in [6.45, 7) is 0. The summed E-state index contributed by atoms with van der Waals surface area (Å²) in [4.78, 5) is 11.9. The Kier molecular flexibility index (Phi) is 3.79. The lowest BCUT2D eigenvalue weighted by molar-refractivity contribution is 0.0993. The highest BCUT2D eigenvalue weighted by molar-refractivity contribution is 9.11. The maximum absolute atomic E-state index is 11.9. The van der Waals surface area contributed by atoms with Crippen LogP contribution in [0.1, 0.15) is 15.9 Å². The molecule has 0 saturated carbocycles. The monoisotopic (exact) mass is 314 g/mol. The van der Waals surface area contributed by atoms with Gasteiger partial charge in [0.25, 0.3) is 0 Å². The summed E-state index contributed by atoms with van der Waals surface area (Å²) in [7, 11) is 0. The van der Waals surface area contributed by atoms with Crippen molar-refractivity contribution in [3.8, 4) is 0 Å². The molecule has 0 aliphatic carbocycles. The van der Waals surface area contributed by atoms with E-state index in [1.54, 1.807) is 6.07 Å². The molecule has 1 aromatic carbocycles. The van der Waals surface area contributed by atoms with Gasteiger partial charge in [0, 0.05) is 22.4 Å². The van der Waals surface area contributed by atoms with Gasteiger partial charge in [0.05, 0.1) is 3.79 Å². The predicted molar refractivity (Wildman–Crippen MR) is 71.5 cm³/mol. The summed E-state index contributed by atoms with van der Waals surface area (Å²) in [6.07, 6.45) is 0.350. The van der Waals surface area contributed by atoms with Gasteiger partial charge in [-0.2, -0.15) is 0 Å². The molecule has 1 heterocycles. The Bertz CT molecular complexity index is 521. The van der Waals surface area contributed by atoms with Crippen molar-refractivity contribution < 1.29 is 4.79 Å². The number of carbonyl (C=O) groups is 1. The molecule has 4 heteroatoms. The Morgan fingerprint density at radius 3 is 2.75 bits per heavy atom. The third-order valence-electron chi connectivity index (χ3n) is 2.20. The highest BCUT2D eigenvalue weighted by Gasteiger charge is 2.10. The summed E-state index contributed by atoms with van der Waals surface area (Å²) in [5, 5.41) is 2.49. The van der Waals surface area contributed by atoms with Crippen LogP contribution in [0.3, 0.4) is 0 Å². The van der Waals surface area contributed by atoms with Gasteiger partial charge < -0.3 is 0 Å². The van der Waals surface area contributed by atoms with E-state index in [9.17, 15) is 4.79 Å². The van der Waals surface area contributed by atoms with Crippen LogP contribution in [0, 0.1) is 0 Å². The van der Waals surface area contributed by atoms with E-state index in [1.807, 2.05) is 29.6 Å². The first-order valence-corrected chi connectivity index (χ1v) is 6.72. The molecular formula is C12H8BrClOS. The third-order valence-corrected chi connectivity index (χ3v) is 4.07. The van der Waals surface area contributed by atoms with Crippen LogP contribution < -0.4 is 0 Å². The van der Waals surface area contributed by atoms with E-state index in [0.717, 1.165) is 14.9 Å². The van der Waals surface area contributed by atoms with Crippen LogP contribution in [-0.2, 0) is 6.42 Å². The Morgan fingerprint density at radius 1 is 1.38 bits per heavy atom. The average Bonchev–Trinajstić information content (AvgIpc) is 2.68. The average molecular weight is 316 g/mol. The number of halogens is 2. The highest BCUT2D eigenvalue weighted by Crippen LogP contribution is 2.23. The molecule has 0 aliphatic heterocycles. The van der Waals surface area contributed by atoms with E-state index in [2.05, 4.69) is 15.9 Å². The number of ketones is 1. The summed E-state index contributed by atoms with van der Waals surface area (Å²) in [5.74, 6) is 0.0926. The predicted octanol–water partition coefficient (Wildman–Crippen LogP) is 4.59. The number of carbonyl (C=O) groups excluding carboxylic acids is 1. The number of Topliss-reactive ketones (excluding diaryl/α,β-unsaturated/α-hetero) is 1. The van der Waals surface area contributed by atoms with Gasteiger partial charge in [-0.05, 0) is 33.6 Å². The zero-order chi connectivity index (χ0) is 11.5. The van der Waals surface area contributed by atoms with Crippen LogP contribution in [0.4, 0.5) is 0 Å². The van der Waals surface area contributed by atoms with Crippen LogP contribution in [-0.4, -0.2) is 5.78 Å². The quantitative estimate of drug-likeness (QED) is 0.757. The van der Waals surface area contributed by atoms with Gasteiger partial charge in [0.15, 0.2) is 5.78 Å². The second kappa shape index (κ2) is 5.13. The standard InChI is InChI=1S/C12H8BrClOS/c13-12-6-9(7-16-12)11(15)5-8-3-1-2-4-10(8)14/h1-4,6-7H,5H2. The van der Waals surface area contributed by atoms with Crippen molar-refractivity contribution in [3.05, 3.63) is 55.6 Å². The molecule has 16 heavy (non-hydrogen) atoms. The minimum absolute atomic E-state index is 0.0926. The van der Waals surface area contributed by atoms with Crippen molar-refractivity contribution in [3.63, 3.8) is 0 Å². The van der Waals surface area contributed by atoms with Crippen molar-refractivity contribution in [2.45, 2.75) is 6.42 Å². The minimum Gasteiger partial charge on any atom is -0.294 e. The van der Waals surface area contributed by atoms with Gasteiger partial charge in [-0.1, -0.05) is 29.8 Å². The summed E-state index contributed by atoms with van der Waals surface area (Å²) in [6, 6.07) is 9.26. The molecule has 0 fully saturated rings. The Morgan fingerprint density at radius 2 is 2.12 bits per heavy atom. The van der Waals surface area contributed by atoms with Crippen LogP contribution in [0.2, 0.25) is 5.02 Å². The van der Waals surface area contributed by atoms with E-state index >= 15 is 0 Å². The van der Waals surface area contributed by atoms with Crippen molar-refractivity contribution in [2.24, 2.45) is 0 Å². The van der Waals surface area contributed by atoms with E-state index < -0.39 is 0 Å². The second-order valence-electron chi connectivity index (χ2n) is 3.33. The largest absolute Gasteiger partial charge is 0.294 e. The topological polar surface area (TPSA) is 17.1 Å². The molecular weight excluding hydrogens is 308 g/mol. The first-order valence-electron chi connectivity index (χ1n) is 4.67. The summed E-state index contributed by atoms with van der Waals surface area (Å²) in [5.41, 5.74) is 1.60. The highest BCUT2D eigenvalue weighted by atomic mass is 79.9. The smallest absolute Gasteiger partial charge is 0.168 e. The van der Waals surface area contributed by atoms with Crippen molar-refractivity contribution in [1.82, 2.24) is 0 Å². The molecule has 2 rings (SSSR count). The normalized spacial score (nSPS) is 10.4. The first kappa shape index (κ1) is 11.8. The van der Waals surface area contributed by atoms with Gasteiger partial charge in [-0.25, -0.2) is 0 Å². The van der Waals surface area contributed by atoms with E-state index in [1.165, 1.54) is 11.3 Å². The SMILES string of the molecule is O=C(Cc1ccccc1Cl)c1csc(Br)c1. The Balaban J connectivity index is 2.17. The zero-order valence-corrected chi connectivity index (χ0v) is 11.4. The maximum atomic E-state index is 11.9. The summed E-state index contributed by atoms with van der Waals surface area (Å²) < 4.78 is 0.968. The fourth-order valence-corrected chi connectivity index (χ4v) is 2.74. The van der Waals surface area contributed by atoms with Gasteiger partial charge in [-0.3, -0.25) is 4.79 Å². The number of rotatable bonds is 3. The van der Waals surface area contributed by atoms with Crippen LogP contribution in [0.15, 0.2) is 39.5 Å². The van der Waals surface area contributed by atoms with Crippen LogP contribution >= 0.6 is 38.9 Å². The van der Waals surface area contributed by atoms with Gasteiger partial charge >= 0.3 is 0 Å². The molecule has 0 saturated heterocycles. The lowest BCUT2D eigenvalue weighted by atomic mass is 10.1. The first-order chi connectivity index (χ1) is 7.66.